The molecule has 0 radical (unpaired) electrons. The molecule has 2 N–H and O–H groups in total. The number of hydrogen-bond donors (Lipinski definition) is 2. The minimum Gasteiger partial charge on any atom is -0.508 e. The van der Waals surface area contributed by atoms with Crippen LogP contribution in [0.3, 0.4) is 0 Å². The Labute approximate surface area is 146 Å². The molecule has 0 saturated carbocycles. The summed E-state index contributed by atoms with van der Waals surface area (Å²) in [7, 11) is 0. The maximum atomic E-state index is 14.5. The Morgan fingerprint density at radius 3 is 2.20 bits per heavy atom. The lowest BCUT2D eigenvalue weighted by atomic mass is 9.68. The van der Waals surface area contributed by atoms with Gasteiger partial charge in [-0.2, -0.15) is 0 Å². The van der Waals surface area contributed by atoms with Crippen LogP contribution in [0.2, 0.25) is 0 Å². The number of ether oxygens (including phenoxy) is 1. The summed E-state index contributed by atoms with van der Waals surface area (Å²) in [5.41, 5.74) is -1.55. The Morgan fingerprint density at radius 1 is 1.12 bits per heavy atom. The Kier molecular flexibility index (Phi) is 5.18. The predicted octanol–water partition coefficient (Wildman–Crippen LogP) is 3.99. The second-order valence-corrected chi connectivity index (χ2v) is 6.92. The number of aromatic hydroxyl groups is 1. The van der Waals surface area contributed by atoms with Crippen LogP contribution in [-0.4, -0.2) is 22.8 Å². The summed E-state index contributed by atoms with van der Waals surface area (Å²) in [6.45, 7) is 7.36. The molecule has 4 nitrogen and oxygen atoms in total. The molecule has 0 aliphatic rings. The SMILES string of the molecule is CCOC(=O)c1ccc(C(O)(c2ccc(O)cc2F)C(C)(C)C)cc1. The van der Waals surface area contributed by atoms with Crippen molar-refractivity contribution in [3.8, 4) is 5.75 Å². The zero-order chi connectivity index (χ0) is 18.8. The van der Waals surface area contributed by atoms with Crippen LogP contribution in [0.1, 0.15) is 49.2 Å². The molecule has 1 unspecified atom stereocenters. The molecule has 0 heterocycles. The van der Waals surface area contributed by atoms with Crippen molar-refractivity contribution < 1.29 is 24.1 Å². The normalized spacial score (nSPS) is 14.0. The van der Waals surface area contributed by atoms with Gasteiger partial charge in [-0.05, 0) is 42.2 Å². The average Bonchev–Trinajstić information content (AvgIpc) is 2.53. The lowest BCUT2D eigenvalue weighted by Gasteiger charge is -2.41. The number of carbonyl (C=O) groups excluding carboxylic acids is 1. The van der Waals surface area contributed by atoms with Gasteiger partial charge in [0.05, 0.1) is 12.2 Å². The number of phenols is 1. The molecule has 0 bridgehead atoms. The summed E-state index contributed by atoms with van der Waals surface area (Å²) in [5.74, 6) is -1.37. The highest BCUT2D eigenvalue weighted by Gasteiger charge is 2.45. The van der Waals surface area contributed by atoms with Crippen LogP contribution in [0.15, 0.2) is 42.5 Å². The van der Waals surface area contributed by atoms with Crippen molar-refractivity contribution in [2.45, 2.75) is 33.3 Å². The molecule has 2 aromatic carbocycles. The number of phenolic OH excluding ortho intramolecular Hbond substituents is 1. The van der Waals surface area contributed by atoms with Crippen molar-refractivity contribution in [1.29, 1.82) is 0 Å². The molecule has 1 atom stereocenters. The fraction of sp³-hybridized carbons (Fsp3) is 0.350. The van der Waals surface area contributed by atoms with Crippen LogP contribution in [0, 0.1) is 11.2 Å². The maximum Gasteiger partial charge on any atom is 0.338 e. The Bertz CT molecular complexity index is 762. The largest absolute Gasteiger partial charge is 0.508 e. The molecule has 0 saturated heterocycles. The molecule has 0 fully saturated rings. The van der Waals surface area contributed by atoms with Crippen molar-refractivity contribution >= 4 is 5.97 Å². The van der Waals surface area contributed by atoms with Gasteiger partial charge in [0, 0.05) is 11.6 Å². The third-order valence-electron chi connectivity index (χ3n) is 4.24. The van der Waals surface area contributed by atoms with Gasteiger partial charge in [-0.25, -0.2) is 9.18 Å². The standard InChI is InChI=1S/C20H23FO4/c1-5-25-18(23)13-6-8-14(9-7-13)20(24,19(2,3)4)16-11-10-15(22)12-17(16)21/h6-12,22,24H,5H2,1-4H3. The molecule has 2 aromatic rings. The van der Waals surface area contributed by atoms with E-state index in [0.717, 1.165) is 6.07 Å². The van der Waals surface area contributed by atoms with E-state index in [4.69, 9.17) is 4.74 Å². The van der Waals surface area contributed by atoms with E-state index in [9.17, 15) is 19.4 Å². The van der Waals surface area contributed by atoms with Crippen molar-refractivity contribution in [3.63, 3.8) is 0 Å². The van der Waals surface area contributed by atoms with Crippen LogP contribution < -0.4 is 0 Å². The van der Waals surface area contributed by atoms with Gasteiger partial charge in [0.25, 0.3) is 0 Å². The van der Waals surface area contributed by atoms with Gasteiger partial charge in [0.15, 0.2) is 0 Å². The minimum absolute atomic E-state index is 0.0571. The van der Waals surface area contributed by atoms with Gasteiger partial charge >= 0.3 is 5.97 Å². The van der Waals surface area contributed by atoms with Crippen molar-refractivity contribution in [2.75, 3.05) is 6.61 Å². The van der Waals surface area contributed by atoms with Crippen LogP contribution >= 0.6 is 0 Å². The second kappa shape index (κ2) is 6.84. The molecular weight excluding hydrogens is 323 g/mol. The number of hydrogen-bond acceptors (Lipinski definition) is 4. The molecule has 0 aromatic heterocycles. The van der Waals surface area contributed by atoms with Gasteiger partial charge < -0.3 is 14.9 Å². The van der Waals surface area contributed by atoms with E-state index in [1.807, 2.05) is 0 Å². The number of halogens is 1. The molecular formula is C20H23FO4. The van der Waals surface area contributed by atoms with E-state index in [2.05, 4.69) is 0 Å². The molecule has 0 spiro atoms. The second-order valence-electron chi connectivity index (χ2n) is 6.92. The van der Waals surface area contributed by atoms with E-state index in [0.29, 0.717) is 11.1 Å². The Balaban J connectivity index is 2.57. The van der Waals surface area contributed by atoms with Crippen molar-refractivity contribution in [1.82, 2.24) is 0 Å². The Morgan fingerprint density at radius 2 is 1.72 bits per heavy atom. The first-order chi connectivity index (χ1) is 11.6. The molecule has 134 valence electrons. The summed E-state index contributed by atoms with van der Waals surface area (Å²) in [6, 6.07) is 9.94. The maximum absolute atomic E-state index is 14.5. The molecule has 0 aliphatic heterocycles. The summed E-state index contributed by atoms with van der Waals surface area (Å²) in [5, 5.41) is 20.9. The fourth-order valence-electron chi connectivity index (χ4n) is 2.85. The quantitative estimate of drug-likeness (QED) is 0.822. The zero-order valence-electron chi connectivity index (χ0n) is 14.8. The zero-order valence-corrected chi connectivity index (χ0v) is 14.8. The number of carbonyl (C=O) groups is 1. The molecule has 5 heteroatoms. The highest BCUT2D eigenvalue weighted by atomic mass is 19.1. The monoisotopic (exact) mass is 346 g/mol. The number of benzene rings is 2. The Hall–Kier alpha value is -2.40. The molecule has 2 rings (SSSR count). The van der Waals surface area contributed by atoms with E-state index < -0.39 is 22.8 Å². The predicted molar refractivity (Wildman–Crippen MR) is 92.9 cm³/mol. The first kappa shape index (κ1) is 18.9. The summed E-state index contributed by atoms with van der Waals surface area (Å²) in [6.07, 6.45) is 0. The van der Waals surface area contributed by atoms with Crippen molar-refractivity contribution in [2.24, 2.45) is 5.41 Å². The van der Waals surface area contributed by atoms with Gasteiger partial charge in [-0.15, -0.1) is 0 Å². The van der Waals surface area contributed by atoms with E-state index in [-0.39, 0.29) is 17.9 Å². The van der Waals surface area contributed by atoms with Gasteiger partial charge in [-0.1, -0.05) is 32.9 Å². The highest BCUT2D eigenvalue weighted by Crippen LogP contribution is 2.46. The van der Waals surface area contributed by atoms with Crippen LogP contribution in [0.25, 0.3) is 0 Å². The van der Waals surface area contributed by atoms with Crippen LogP contribution in [-0.2, 0) is 10.3 Å². The smallest absolute Gasteiger partial charge is 0.338 e. The first-order valence-corrected chi connectivity index (χ1v) is 8.10. The van der Waals surface area contributed by atoms with Crippen molar-refractivity contribution in [3.05, 3.63) is 65.0 Å². The highest BCUT2D eigenvalue weighted by molar-refractivity contribution is 5.89. The van der Waals surface area contributed by atoms with Crippen LogP contribution in [0.4, 0.5) is 4.39 Å². The van der Waals surface area contributed by atoms with Gasteiger partial charge in [0.1, 0.15) is 17.2 Å². The lowest BCUT2D eigenvalue weighted by Crippen LogP contribution is -2.42. The van der Waals surface area contributed by atoms with E-state index >= 15 is 0 Å². The lowest BCUT2D eigenvalue weighted by molar-refractivity contribution is -0.0287. The number of esters is 1. The molecule has 0 aliphatic carbocycles. The molecule has 25 heavy (non-hydrogen) atoms. The summed E-state index contributed by atoms with van der Waals surface area (Å²) < 4.78 is 19.4. The number of rotatable bonds is 4. The summed E-state index contributed by atoms with van der Waals surface area (Å²) in [4.78, 5) is 11.8. The minimum atomic E-state index is -1.65. The summed E-state index contributed by atoms with van der Waals surface area (Å²) >= 11 is 0. The van der Waals surface area contributed by atoms with Gasteiger partial charge in [0.2, 0.25) is 0 Å². The topological polar surface area (TPSA) is 66.8 Å². The average molecular weight is 346 g/mol. The van der Waals surface area contributed by atoms with E-state index in [1.165, 1.54) is 12.1 Å². The third-order valence-corrected chi connectivity index (χ3v) is 4.24. The van der Waals surface area contributed by atoms with E-state index in [1.54, 1.807) is 52.0 Å². The van der Waals surface area contributed by atoms with Gasteiger partial charge in [-0.3, -0.25) is 0 Å². The first-order valence-electron chi connectivity index (χ1n) is 8.10. The fourth-order valence-corrected chi connectivity index (χ4v) is 2.85. The molecule has 0 amide bonds. The third kappa shape index (κ3) is 3.51. The van der Waals surface area contributed by atoms with Crippen LogP contribution in [0.5, 0.6) is 5.75 Å². The number of aliphatic hydroxyl groups is 1.